The second-order valence-corrected chi connectivity index (χ2v) is 6.59. The second-order valence-electron chi connectivity index (χ2n) is 6.59. The number of carbonyl (C=O) groups is 2. The van der Waals surface area contributed by atoms with E-state index in [0.29, 0.717) is 37.8 Å². The largest absolute Gasteiger partial charge is 0.481 e. The fourth-order valence-corrected chi connectivity index (χ4v) is 3.41. The van der Waals surface area contributed by atoms with Crippen molar-refractivity contribution in [1.82, 2.24) is 4.90 Å². The summed E-state index contributed by atoms with van der Waals surface area (Å²) in [5.74, 6) is -1.77. The van der Waals surface area contributed by atoms with Crippen molar-refractivity contribution in [1.29, 1.82) is 0 Å². The highest BCUT2D eigenvalue weighted by atomic mass is 19.4. The summed E-state index contributed by atoms with van der Waals surface area (Å²) in [6.07, 6.45) is -2.32. The number of nitrogens with zero attached hydrogens (tertiary/aromatic N) is 1. The van der Waals surface area contributed by atoms with E-state index in [-0.39, 0.29) is 12.5 Å². The van der Waals surface area contributed by atoms with Gasteiger partial charge in [0.05, 0.1) is 16.9 Å². The van der Waals surface area contributed by atoms with Gasteiger partial charge in [0.2, 0.25) is 5.91 Å². The molecule has 1 aliphatic carbocycles. The highest BCUT2D eigenvalue weighted by Gasteiger charge is 2.54. The SMILES string of the molecule is O=C(O)[C@@H]1CCCN(C(=O)C2(c3cccc(C(F)(F)F)c3)CC2)C1. The van der Waals surface area contributed by atoms with Crippen molar-refractivity contribution in [3.8, 4) is 0 Å². The van der Waals surface area contributed by atoms with E-state index in [9.17, 15) is 22.8 Å². The van der Waals surface area contributed by atoms with Gasteiger partial charge in [-0.25, -0.2) is 0 Å². The van der Waals surface area contributed by atoms with Crippen LogP contribution in [-0.2, 0) is 21.2 Å². The normalized spacial score (nSPS) is 23.0. The highest BCUT2D eigenvalue weighted by molar-refractivity contribution is 5.91. The first-order valence-electron chi connectivity index (χ1n) is 7.94. The van der Waals surface area contributed by atoms with Gasteiger partial charge in [-0.15, -0.1) is 0 Å². The third kappa shape index (κ3) is 2.99. The van der Waals surface area contributed by atoms with Crippen LogP contribution in [0.4, 0.5) is 13.2 Å². The van der Waals surface area contributed by atoms with Crippen molar-refractivity contribution in [2.75, 3.05) is 13.1 Å². The van der Waals surface area contributed by atoms with Crippen molar-refractivity contribution in [3.63, 3.8) is 0 Å². The average Bonchev–Trinajstić information content (AvgIpc) is 3.35. The third-order valence-corrected chi connectivity index (χ3v) is 4.96. The molecule has 1 aromatic rings. The number of likely N-dealkylation sites (tertiary alicyclic amines) is 1. The molecule has 2 fully saturated rings. The topological polar surface area (TPSA) is 57.6 Å². The molecule has 1 saturated heterocycles. The number of carbonyl (C=O) groups excluding carboxylic acids is 1. The Hall–Kier alpha value is -2.05. The fourth-order valence-electron chi connectivity index (χ4n) is 3.41. The maximum atomic E-state index is 12.9. The predicted octanol–water partition coefficient (Wildman–Crippen LogP) is 3.06. The summed E-state index contributed by atoms with van der Waals surface area (Å²) < 4.78 is 38.7. The minimum absolute atomic E-state index is 0.134. The Morgan fingerprint density at radius 1 is 1.25 bits per heavy atom. The molecule has 1 amide bonds. The van der Waals surface area contributed by atoms with E-state index in [4.69, 9.17) is 5.11 Å². The Morgan fingerprint density at radius 2 is 1.96 bits per heavy atom. The number of aliphatic carboxylic acids is 1. The van der Waals surface area contributed by atoms with Gasteiger partial charge in [0.1, 0.15) is 0 Å². The third-order valence-electron chi connectivity index (χ3n) is 4.96. The van der Waals surface area contributed by atoms with Crippen LogP contribution in [-0.4, -0.2) is 35.0 Å². The number of rotatable bonds is 3. The molecule has 1 aromatic carbocycles. The minimum atomic E-state index is -4.45. The van der Waals surface area contributed by atoms with Crippen LogP contribution in [0.5, 0.6) is 0 Å². The molecule has 0 bridgehead atoms. The van der Waals surface area contributed by atoms with E-state index < -0.39 is 29.0 Å². The van der Waals surface area contributed by atoms with E-state index in [1.165, 1.54) is 11.0 Å². The number of halogens is 3. The van der Waals surface area contributed by atoms with Crippen molar-refractivity contribution >= 4 is 11.9 Å². The van der Waals surface area contributed by atoms with E-state index in [0.717, 1.165) is 12.1 Å². The molecule has 3 rings (SSSR count). The number of alkyl halides is 3. The summed E-state index contributed by atoms with van der Waals surface area (Å²) >= 11 is 0. The van der Waals surface area contributed by atoms with Gasteiger partial charge in [0, 0.05) is 13.1 Å². The van der Waals surface area contributed by atoms with E-state index >= 15 is 0 Å². The van der Waals surface area contributed by atoms with Crippen LogP contribution in [0.2, 0.25) is 0 Å². The van der Waals surface area contributed by atoms with Crippen LogP contribution >= 0.6 is 0 Å². The maximum absolute atomic E-state index is 12.9. The number of carboxylic acid groups (broad SMARTS) is 1. The number of benzene rings is 1. The fraction of sp³-hybridized carbons (Fsp3) is 0.529. The van der Waals surface area contributed by atoms with Crippen molar-refractivity contribution < 1.29 is 27.9 Å². The molecule has 7 heteroatoms. The molecule has 4 nitrogen and oxygen atoms in total. The lowest BCUT2D eigenvalue weighted by atomic mass is 9.90. The molecule has 0 spiro atoms. The Balaban J connectivity index is 1.83. The zero-order valence-corrected chi connectivity index (χ0v) is 13.0. The van der Waals surface area contributed by atoms with E-state index in [2.05, 4.69) is 0 Å². The number of hydrogen-bond donors (Lipinski definition) is 1. The van der Waals surface area contributed by atoms with Crippen LogP contribution in [0.15, 0.2) is 24.3 Å². The molecule has 130 valence electrons. The summed E-state index contributed by atoms with van der Waals surface area (Å²) in [6, 6.07) is 4.91. The molecule has 1 heterocycles. The summed E-state index contributed by atoms with van der Waals surface area (Å²) in [6.45, 7) is 0.595. The number of hydrogen-bond acceptors (Lipinski definition) is 2. The number of piperidine rings is 1. The number of carboxylic acids is 1. The van der Waals surface area contributed by atoms with E-state index in [1.807, 2.05) is 0 Å². The summed E-state index contributed by atoms with van der Waals surface area (Å²) in [5.41, 5.74) is -1.30. The summed E-state index contributed by atoms with van der Waals surface area (Å²) in [5, 5.41) is 9.14. The second kappa shape index (κ2) is 5.79. The molecule has 0 radical (unpaired) electrons. The monoisotopic (exact) mass is 341 g/mol. The van der Waals surface area contributed by atoms with Crippen LogP contribution in [0, 0.1) is 5.92 Å². The first-order valence-corrected chi connectivity index (χ1v) is 7.94. The standard InChI is InChI=1S/C17H18F3NO3/c18-17(19,20)13-5-1-4-12(9-13)16(6-7-16)15(24)21-8-2-3-11(10-21)14(22)23/h1,4-5,9,11H,2-3,6-8,10H2,(H,22,23)/t11-/m1/s1. The zero-order valence-electron chi connectivity index (χ0n) is 13.0. The molecule has 1 saturated carbocycles. The Labute approximate surface area is 137 Å². The molecule has 2 aliphatic rings. The lowest BCUT2D eigenvalue weighted by Gasteiger charge is -2.33. The van der Waals surface area contributed by atoms with Crippen LogP contribution < -0.4 is 0 Å². The average molecular weight is 341 g/mol. The molecular formula is C17H18F3NO3. The summed E-state index contributed by atoms with van der Waals surface area (Å²) in [7, 11) is 0. The van der Waals surface area contributed by atoms with Gasteiger partial charge >= 0.3 is 12.1 Å². The lowest BCUT2D eigenvalue weighted by molar-refractivity contribution is -0.146. The van der Waals surface area contributed by atoms with Gasteiger partial charge in [-0.05, 0) is 37.3 Å². The van der Waals surface area contributed by atoms with Gasteiger partial charge in [0.15, 0.2) is 0 Å². The smallest absolute Gasteiger partial charge is 0.416 e. The predicted molar refractivity (Wildman–Crippen MR) is 79.3 cm³/mol. The first kappa shape index (κ1) is 16.8. The lowest BCUT2D eigenvalue weighted by Crippen LogP contribution is -2.46. The van der Waals surface area contributed by atoms with Gasteiger partial charge < -0.3 is 10.0 Å². The molecule has 0 aromatic heterocycles. The molecular weight excluding hydrogens is 323 g/mol. The van der Waals surface area contributed by atoms with Gasteiger partial charge in [0.25, 0.3) is 0 Å². The summed E-state index contributed by atoms with van der Waals surface area (Å²) in [4.78, 5) is 25.5. The minimum Gasteiger partial charge on any atom is -0.481 e. The maximum Gasteiger partial charge on any atom is 0.416 e. The first-order chi connectivity index (χ1) is 11.2. The Kier molecular flexibility index (Phi) is 4.05. The van der Waals surface area contributed by atoms with Gasteiger partial charge in [-0.1, -0.05) is 18.2 Å². The molecule has 24 heavy (non-hydrogen) atoms. The van der Waals surface area contributed by atoms with Crippen LogP contribution in [0.1, 0.15) is 36.8 Å². The van der Waals surface area contributed by atoms with Crippen molar-refractivity contribution in [3.05, 3.63) is 35.4 Å². The Morgan fingerprint density at radius 3 is 2.54 bits per heavy atom. The quantitative estimate of drug-likeness (QED) is 0.919. The van der Waals surface area contributed by atoms with Crippen LogP contribution in [0.3, 0.4) is 0 Å². The van der Waals surface area contributed by atoms with Crippen molar-refractivity contribution in [2.24, 2.45) is 5.92 Å². The Bertz CT molecular complexity index is 667. The highest BCUT2D eigenvalue weighted by Crippen LogP contribution is 2.50. The molecule has 1 aliphatic heterocycles. The molecule has 1 atom stereocenters. The van der Waals surface area contributed by atoms with Gasteiger partial charge in [-0.2, -0.15) is 13.2 Å². The zero-order chi connectivity index (χ0) is 17.5. The molecule has 0 unspecified atom stereocenters. The number of amides is 1. The molecule has 1 N–H and O–H groups in total. The van der Waals surface area contributed by atoms with Gasteiger partial charge in [-0.3, -0.25) is 9.59 Å². The van der Waals surface area contributed by atoms with E-state index in [1.54, 1.807) is 6.07 Å². The van der Waals surface area contributed by atoms with Crippen LogP contribution in [0.25, 0.3) is 0 Å². The van der Waals surface area contributed by atoms with Crippen molar-refractivity contribution in [2.45, 2.75) is 37.3 Å².